The number of anilines is 1. The Morgan fingerprint density at radius 2 is 2.00 bits per heavy atom. The van der Waals surface area contributed by atoms with Crippen LogP contribution < -0.4 is 5.73 Å². The molecule has 0 aliphatic heterocycles. The molecule has 3 heteroatoms. The van der Waals surface area contributed by atoms with E-state index in [1.54, 1.807) is 0 Å². The standard InChI is InChI=1S/C9H10N2.ClH/c1-11-5-4-7-2-3-8(10)6-9(7)11;/h2-6H,10H2,1H3;1H. The summed E-state index contributed by atoms with van der Waals surface area (Å²) in [6.45, 7) is 0. The molecular weight excluding hydrogens is 172 g/mol. The lowest BCUT2D eigenvalue weighted by molar-refractivity contribution is 0.969. The zero-order valence-corrected chi connectivity index (χ0v) is 7.64. The van der Waals surface area contributed by atoms with Crippen LogP contribution >= 0.6 is 12.4 Å². The predicted molar refractivity (Wildman–Crippen MR) is 54.6 cm³/mol. The van der Waals surface area contributed by atoms with Gasteiger partial charge in [0.15, 0.2) is 0 Å². The van der Waals surface area contributed by atoms with Gasteiger partial charge in [-0.25, -0.2) is 0 Å². The second-order valence-corrected chi connectivity index (χ2v) is 2.74. The van der Waals surface area contributed by atoms with E-state index in [0.29, 0.717) is 0 Å². The van der Waals surface area contributed by atoms with Gasteiger partial charge in [0.2, 0.25) is 0 Å². The van der Waals surface area contributed by atoms with Crippen LogP contribution in [-0.4, -0.2) is 4.57 Å². The van der Waals surface area contributed by atoms with Gasteiger partial charge in [0, 0.05) is 24.4 Å². The van der Waals surface area contributed by atoms with Crippen molar-refractivity contribution in [1.82, 2.24) is 4.57 Å². The summed E-state index contributed by atoms with van der Waals surface area (Å²) in [7, 11) is 2.02. The smallest absolute Gasteiger partial charge is 0.0498 e. The molecular formula is C9H11ClN2. The highest BCUT2D eigenvalue weighted by molar-refractivity contribution is 5.85. The molecule has 0 spiro atoms. The van der Waals surface area contributed by atoms with E-state index in [1.165, 1.54) is 10.9 Å². The molecule has 1 heterocycles. The van der Waals surface area contributed by atoms with Gasteiger partial charge in [-0.15, -0.1) is 12.4 Å². The fraction of sp³-hybridized carbons (Fsp3) is 0.111. The van der Waals surface area contributed by atoms with Crippen molar-refractivity contribution < 1.29 is 0 Å². The molecule has 0 saturated heterocycles. The summed E-state index contributed by atoms with van der Waals surface area (Å²) in [4.78, 5) is 0. The van der Waals surface area contributed by atoms with Crippen molar-refractivity contribution in [2.75, 3.05) is 5.73 Å². The second-order valence-electron chi connectivity index (χ2n) is 2.74. The molecule has 2 rings (SSSR count). The molecule has 0 radical (unpaired) electrons. The number of hydrogen-bond donors (Lipinski definition) is 1. The molecule has 12 heavy (non-hydrogen) atoms. The first-order chi connectivity index (χ1) is 5.27. The largest absolute Gasteiger partial charge is 0.399 e. The van der Waals surface area contributed by atoms with Crippen LogP contribution in [0.4, 0.5) is 5.69 Å². The molecule has 1 aromatic carbocycles. The lowest BCUT2D eigenvalue weighted by atomic mass is 10.2. The van der Waals surface area contributed by atoms with Crippen LogP contribution in [0.15, 0.2) is 30.5 Å². The number of fused-ring (bicyclic) bond motifs is 1. The predicted octanol–water partition coefficient (Wildman–Crippen LogP) is 2.18. The number of aryl methyl sites for hydroxylation is 1. The monoisotopic (exact) mass is 182 g/mol. The SMILES string of the molecule is Cl.Cn1ccc2ccc(N)cc21. The van der Waals surface area contributed by atoms with Crippen LogP contribution in [0.5, 0.6) is 0 Å². The topological polar surface area (TPSA) is 30.9 Å². The summed E-state index contributed by atoms with van der Waals surface area (Å²) in [6, 6.07) is 8.01. The Morgan fingerprint density at radius 1 is 1.25 bits per heavy atom. The van der Waals surface area contributed by atoms with E-state index in [-0.39, 0.29) is 12.4 Å². The Morgan fingerprint density at radius 3 is 2.75 bits per heavy atom. The number of nitrogens with two attached hydrogens (primary N) is 1. The van der Waals surface area contributed by atoms with Gasteiger partial charge in [0.1, 0.15) is 0 Å². The first-order valence-electron chi connectivity index (χ1n) is 3.58. The quantitative estimate of drug-likeness (QED) is 0.623. The molecule has 2 N–H and O–H groups in total. The van der Waals surface area contributed by atoms with Gasteiger partial charge < -0.3 is 10.3 Å². The highest BCUT2D eigenvalue weighted by Crippen LogP contribution is 2.17. The van der Waals surface area contributed by atoms with Gasteiger partial charge in [-0.3, -0.25) is 0 Å². The number of aromatic nitrogens is 1. The van der Waals surface area contributed by atoms with Gasteiger partial charge >= 0.3 is 0 Å². The zero-order chi connectivity index (χ0) is 7.84. The summed E-state index contributed by atoms with van der Waals surface area (Å²) in [5, 5.41) is 1.24. The normalized spacial score (nSPS) is 9.75. The molecule has 0 bridgehead atoms. The molecule has 1 aromatic heterocycles. The lowest BCUT2D eigenvalue weighted by Crippen LogP contribution is -1.87. The molecule has 0 fully saturated rings. The summed E-state index contributed by atoms with van der Waals surface area (Å²) >= 11 is 0. The summed E-state index contributed by atoms with van der Waals surface area (Å²) in [5.41, 5.74) is 7.64. The highest BCUT2D eigenvalue weighted by Gasteiger charge is 1.95. The number of benzene rings is 1. The number of halogens is 1. The second kappa shape index (κ2) is 3.07. The van der Waals surface area contributed by atoms with Crippen LogP contribution in [0, 0.1) is 0 Å². The van der Waals surface area contributed by atoms with Crippen LogP contribution in [0.1, 0.15) is 0 Å². The fourth-order valence-corrected chi connectivity index (χ4v) is 1.28. The number of nitrogens with zero attached hydrogens (tertiary/aromatic N) is 1. The van der Waals surface area contributed by atoms with Crippen molar-refractivity contribution in [3.63, 3.8) is 0 Å². The third kappa shape index (κ3) is 1.25. The maximum Gasteiger partial charge on any atom is 0.0498 e. The zero-order valence-electron chi connectivity index (χ0n) is 6.82. The van der Waals surface area contributed by atoms with Crippen LogP contribution in [0.2, 0.25) is 0 Å². The van der Waals surface area contributed by atoms with Crippen molar-refractivity contribution in [3.05, 3.63) is 30.5 Å². The Balaban J connectivity index is 0.000000720. The summed E-state index contributed by atoms with van der Waals surface area (Å²) in [5.74, 6) is 0. The number of hydrogen-bond acceptors (Lipinski definition) is 1. The van der Waals surface area contributed by atoms with Gasteiger partial charge in [0.05, 0.1) is 0 Å². The van der Waals surface area contributed by atoms with Crippen LogP contribution in [0.3, 0.4) is 0 Å². The lowest BCUT2D eigenvalue weighted by Gasteiger charge is -1.96. The van der Waals surface area contributed by atoms with E-state index in [0.717, 1.165) is 5.69 Å². The van der Waals surface area contributed by atoms with E-state index < -0.39 is 0 Å². The van der Waals surface area contributed by atoms with Gasteiger partial charge in [-0.05, 0) is 23.6 Å². The van der Waals surface area contributed by atoms with Gasteiger partial charge in [-0.1, -0.05) is 6.07 Å². The van der Waals surface area contributed by atoms with E-state index in [2.05, 4.69) is 10.6 Å². The van der Waals surface area contributed by atoms with Crippen molar-refractivity contribution in [3.8, 4) is 0 Å². The Bertz CT molecular complexity index is 392. The Labute approximate surface area is 77.4 Å². The molecule has 0 saturated carbocycles. The minimum absolute atomic E-state index is 0. The Kier molecular flexibility index (Phi) is 2.29. The minimum atomic E-state index is 0. The van der Waals surface area contributed by atoms with E-state index in [9.17, 15) is 0 Å². The third-order valence-corrected chi connectivity index (χ3v) is 1.91. The molecule has 0 aliphatic carbocycles. The molecule has 0 atom stereocenters. The summed E-state index contributed by atoms with van der Waals surface area (Å²) in [6.07, 6.45) is 2.03. The van der Waals surface area contributed by atoms with E-state index >= 15 is 0 Å². The molecule has 0 aliphatic rings. The first kappa shape index (κ1) is 8.94. The molecule has 0 unspecified atom stereocenters. The van der Waals surface area contributed by atoms with E-state index in [4.69, 9.17) is 5.73 Å². The van der Waals surface area contributed by atoms with Crippen molar-refractivity contribution in [2.24, 2.45) is 7.05 Å². The molecule has 2 nitrogen and oxygen atoms in total. The van der Waals surface area contributed by atoms with E-state index in [1.807, 2.05) is 31.4 Å². The minimum Gasteiger partial charge on any atom is -0.399 e. The average Bonchev–Trinajstić information content (AvgIpc) is 2.33. The van der Waals surface area contributed by atoms with Crippen molar-refractivity contribution >= 4 is 29.0 Å². The maximum absolute atomic E-state index is 5.64. The maximum atomic E-state index is 5.64. The fourth-order valence-electron chi connectivity index (χ4n) is 1.28. The number of rotatable bonds is 0. The highest BCUT2D eigenvalue weighted by atomic mass is 35.5. The van der Waals surface area contributed by atoms with Gasteiger partial charge in [-0.2, -0.15) is 0 Å². The molecule has 2 aromatic rings. The molecule has 64 valence electrons. The van der Waals surface area contributed by atoms with Crippen molar-refractivity contribution in [1.29, 1.82) is 0 Å². The Hall–Kier alpha value is -1.15. The first-order valence-corrected chi connectivity index (χ1v) is 3.58. The van der Waals surface area contributed by atoms with Crippen LogP contribution in [-0.2, 0) is 7.05 Å². The summed E-state index contributed by atoms with van der Waals surface area (Å²) < 4.78 is 2.06. The number of nitrogen functional groups attached to an aromatic ring is 1. The molecule has 0 amide bonds. The third-order valence-electron chi connectivity index (χ3n) is 1.91. The van der Waals surface area contributed by atoms with Gasteiger partial charge in [0.25, 0.3) is 0 Å². The van der Waals surface area contributed by atoms with Crippen molar-refractivity contribution in [2.45, 2.75) is 0 Å². The average molecular weight is 183 g/mol. The van der Waals surface area contributed by atoms with Crippen LogP contribution in [0.25, 0.3) is 10.9 Å².